The molecule has 0 heterocycles. The standard InChI is InChI=1S/C33H46N2O2/c1-10-14-29(27-17-16-26-23-28(35(12-3)13-4)19-18-25(26)22-27)30(24-34)31(15-11-2)37-33(8,9)20-21-36-32(5,6)7/h10,14-19,22-23H,11-13,20-21H2,1-9H3/b14-10-,30-29+,31-15-. The molecule has 37 heavy (non-hydrogen) atoms. The van der Waals surface area contributed by atoms with Crippen LogP contribution < -0.4 is 4.90 Å². The molecular weight excluding hydrogens is 456 g/mol. The van der Waals surface area contributed by atoms with Gasteiger partial charge in [0, 0.05) is 30.8 Å². The maximum absolute atomic E-state index is 10.3. The van der Waals surface area contributed by atoms with Crippen LogP contribution in [-0.4, -0.2) is 30.9 Å². The summed E-state index contributed by atoms with van der Waals surface area (Å²) in [6, 6.07) is 15.5. The lowest BCUT2D eigenvalue weighted by molar-refractivity contribution is -0.0441. The van der Waals surface area contributed by atoms with Crippen LogP contribution in [0.2, 0.25) is 0 Å². The van der Waals surface area contributed by atoms with Crippen LogP contribution in [0.25, 0.3) is 16.3 Å². The van der Waals surface area contributed by atoms with Crippen molar-refractivity contribution < 1.29 is 9.47 Å². The topological polar surface area (TPSA) is 45.5 Å². The van der Waals surface area contributed by atoms with Crippen LogP contribution in [0, 0.1) is 11.3 Å². The van der Waals surface area contributed by atoms with Gasteiger partial charge >= 0.3 is 0 Å². The van der Waals surface area contributed by atoms with Gasteiger partial charge in [-0.2, -0.15) is 5.26 Å². The van der Waals surface area contributed by atoms with E-state index in [0.717, 1.165) is 36.0 Å². The van der Waals surface area contributed by atoms with Crippen LogP contribution in [0.5, 0.6) is 0 Å². The number of anilines is 1. The van der Waals surface area contributed by atoms with Crippen LogP contribution in [0.3, 0.4) is 0 Å². The van der Waals surface area contributed by atoms with Crippen LogP contribution in [-0.2, 0) is 9.47 Å². The molecule has 0 atom stereocenters. The molecule has 0 aromatic heterocycles. The van der Waals surface area contributed by atoms with Crippen LogP contribution >= 0.6 is 0 Å². The number of rotatable bonds is 12. The molecule has 0 spiro atoms. The van der Waals surface area contributed by atoms with E-state index >= 15 is 0 Å². The molecule has 4 heteroatoms. The second-order valence-electron chi connectivity index (χ2n) is 10.9. The van der Waals surface area contributed by atoms with Crippen LogP contribution in [0.1, 0.15) is 80.7 Å². The Hall–Kier alpha value is -3.03. The molecule has 0 bridgehead atoms. The zero-order chi connectivity index (χ0) is 27.6. The highest BCUT2D eigenvalue weighted by atomic mass is 16.5. The Morgan fingerprint density at radius 3 is 2.19 bits per heavy atom. The van der Waals surface area contributed by atoms with Crippen molar-refractivity contribution in [2.75, 3.05) is 24.6 Å². The van der Waals surface area contributed by atoms with Gasteiger partial charge in [0.15, 0.2) is 0 Å². The maximum atomic E-state index is 10.3. The number of fused-ring (bicyclic) bond motifs is 1. The third-order valence-electron chi connectivity index (χ3n) is 6.24. The van der Waals surface area contributed by atoms with E-state index in [9.17, 15) is 5.26 Å². The smallest absolute Gasteiger partial charge is 0.134 e. The van der Waals surface area contributed by atoms with Crippen molar-refractivity contribution >= 4 is 22.0 Å². The van der Waals surface area contributed by atoms with E-state index in [-0.39, 0.29) is 5.60 Å². The number of ether oxygens (including phenoxy) is 2. The predicted octanol–water partition coefficient (Wildman–Crippen LogP) is 8.83. The van der Waals surface area contributed by atoms with Gasteiger partial charge in [-0.3, -0.25) is 0 Å². The predicted molar refractivity (Wildman–Crippen MR) is 159 cm³/mol. The number of nitrogens with zero attached hydrogens (tertiary/aromatic N) is 2. The number of allylic oxidation sites excluding steroid dienone is 5. The summed E-state index contributed by atoms with van der Waals surface area (Å²) >= 11 is 0. The summed E-state index contributed by atoms with van der Waals surface area (Å²) in [7, 11) is 0. The molecule has 2 rings (SSSR count). The maximum Gasteiger partial charge on any atom is 0.134 e. The molecule has 0 saturated heterocycles. The molecule has 0 aliphatic heterocycles. The number of nitriles is 1. The van der Waals surface area contributed by atoms with E-state index in [0.29, 0.717) is 24.4 Å². The van der Waals surface area contributed by atoms with Crippen molar-refractivity contribution in [2.45, 2.75) is 86.4 Å². The van der Waals surface area contributed by atoms with Gasteiger partial charge < -0.3 is 14.4 Å². The van der Waals surface area contributed by atoms with Crippen molar-refractivity contribution in [3.05, 3.63) is 71.5 Å². The average Bonchev–Trinajstić information content (AvgIpc) is 2.83. The molecule has 2 aromatic carbocycles. The summed E-state index contributed by atoms with van der Waals surface area (Å²) < 4.78 is 12.4. The summed E-state index contributed by atoms with van der Waals surface area (Å²) in [5, 5.41) is 12.7. The molecular formula is C33H46N2O2. The first-order chi connectivity index (χ1) is 17.5. The lowest BCUT2D eigenvalue weighted by Gasteiger charge is -2.30. The first-order valence-electron chi connectivity index (χ1n) is 13.6. The fourth-order valence-electron chi connectivity index (χ4n) is 4.26. The Balaban J connectivity index is 2.50. The third kappa shape index (κ3) is 8.79. The molecule has 0 radical (unpaired) electrons. The molecule has 4 nitrogen and oxygen atoms in total. The van der Waals surface area contributed by atoms with Gasteiger partial charge in [0.25, 0.3) is 0 Å². The summed E-state index contributed by atoms with van der Waals surface area (Å²) in [5.74, 6) is 0.621. The third-order valence-corrected chi connectivity index (χ3v) is 6.24. The normalized spacial score (nSPS) is 13.6. The molecule has 0 N–H and O–H groups in total. The Kier molecular flexibility index (Phi) is 11.0. The van der Waals surface area contributed by atoms with Gasteiger partial charge in [0.2, 0.25) is 0 Å². The average molecular weight is 503 g/mol. The van der Waals surface area contributed by atoms with Crippen LogP contribution in [0.4, 0.5) is 5.69 Å². The number of benzene rings is 2. The zero-order valence-corrected chi connectivity index (χ0v) is 24.4. The second kappa shape index (κ2) is 13.5. The highest BCUT2D eigenvalue weighted by Crippen LogP contribution is 2.32. The minimum absolute atomic E-state index is 0.197. The summed E-state index contributed by atoms with van der Waals surface area (Å²) in [5.41, 5.74) is 2.95. The first-order valence-corrected chi connectivity index (χ1v) is 13.6. The lowest BCUT2D eigenvalue weighted by atomic mass is 9.95. The van der Waals surface area contributed by atoms with E-state index in [1.165, 1.54) is 11.1 Å². The van der Waals surface area contributed by atoms with E-state index in [1.54, 1.807) is 0 Å². The molecule has 200 valence electrons. The highest BCUT2D eigenvalue weighted by molar-refractivity contribution is 5.92. The van der Waals surface area contributed by atoms with Crippen LogP contribution in [0.15, 0.2) is 66.0 Å². The summed E-state index contributed by atoms with van der Waals surface area (Å²) in [6.07, 6.45) is 7.47. The van der Waals surface area contributed by atoms with Crippen molar-refractivity contribution in [2.24, 2.45) is 0 Å². The first kappa shape index (κ1) is 30.2. The summed E-state index contributed by atoms with van der Waals surface area (Å²) in [6.45, 7) is 21.2. The molecule has 2 aromatic rings. The molecule has 0 amide bonds. The Bertz CT molecular complexity index is 1170. The van der Waals surface area contributed by atoms with Gasteiger partial charge in [-0.1, -0.05) is 37.3 Å². The molecule has 0 unspecified atom stereocenters. The zero-order valence-electron chi connectivity index (χ0n) is 24.4. The highest BCUT2D eigenvalue weighted by Gasteiger charge is 2.25. The van der Waals surface area contributed by atoms with Crippen molar-refractivity contribution in [3.8, 4) is 6.07 Å². The van der Waals surface area contributed by atoms with E-state index in [1.807, 2.05) is 25.2 Å². The SMILES string of the molecule is C\C=C/C(=C(C#N)\C(=C\CC)OC(C)(C)CCOC(C)(C)C)c1ccc2cc(N(CC)CC)ccc2c1. The summed E-state index contributed by atoms with van der Waals surface area (Å²) in [4.78, 5) is 2.35. The molecule has 0 aliphatic rings. The van der Waals surface area contributed by atoms with Gasteiger partial charge in [-0.25, -0.2) is 0 Å². The van der Waals surface area contributed by atoms with Gasteiger partial charge in [-0.15, -0.1) is 0 Å². The largest absolute Gasteiger partial charge is 0.487 e. The number of hydrogen-bond acceptors (Lipinski definition) is 4. The van der Waals surface area contributed by atoms with Crippen molar-refractivity contribution in [1.82, 2.24) is 0 Å². The Morgan fingerprint density at radius 1 is 0.973 bits per heavy atom. The van der Waals surface area contributed by atoms with Gasteiger partial charge in [0.05, 0.1) is 12.2 Å². The second-order valence-corrected chi connectivity index (χ2v) is 10.9. The van der Waals surface area contributed by atoms with Crippen molar-refractivity contribution in [1.29, 1.82) is 5.26 Å². The number of hydrogen-bond donors (Lipinski definition) is 0. The Labute approximate surface area is 225 Å². The fourth-order valence-corrected chi connectivity index (χ4v) is 4.26. The molecule has 0 fully saturated rings. The van der Waals surface area contributed by atoms with E-state index < -0.39 is 5.60 Å². The molecule has 0 aliphatic carbocycles. The lowest BCUT2D eigenvalue weighted by Crippen LogP contribution is -2.29. The molecule has 0 saturated carbocycles. The van der Waals surface area contributed by atoms with Gasteiger partial charge in [0.1, 0.15) is 23.0 Å². The van der Waals surface area contributed by atoms with E-state index in [2.05, 4.69) is 103 Å². The quantitative estimate of drug-likeness (QED) is 0.165. The minimum Gasteiger partial charge on any atom is -0.487 e. The fraction of sp³-hybridized carbons (Fsp3) is 0.485. The monoisotopic (exact) mass is 502 g/mol. The van der Waals surface area contributed by atoms with Gasteiger partial charge in [-0.05, 0) is 102 Å². The minimum atomic E-state index is -0.487. The Morgan fingerprint density at radius 2 is 1.62 bits per heavy atom. The van der Waals surface area contributed by atoms with E-state index in [4.69, 9.17) is 9.47 Å². The van der Waals surface area contributed by atoms with Crippen molar-refractivity contribution in [3.63, 3.8) is 0 Å².